The van der Waals surface area contributed by atoms with Gasteiger partial charge in [0.25, 0.3) is 0 Å². The molecule has 0 spiro atoms. The number of para-hydroxylation sites is 1. The first kappa shape index (κ1) is 19.2. The molecule has 0 aliphatic carbocycles. The highest BCUT2D eigenvalue weighted by atomic mass is 16.5. The summed E-state index contributed by atoms with van der Waals surface area (Å²) in [5.41, 5.74) is 2.15. The van der Waals surface area contributed by atoms with E-state index in [1.165, 1.54) is 5.69 Å². The van der Waals surface area contributed by atoms with Crippen LogP contribution < -0.4 is 19.9 Å². The molecule has 0 unspecified atom stereocenters. The third kappa shape index (κ3) is 4.12. The topological polar surface area (TPSA) is 66.7 Å². The van der Waals surface area contributed by atoms with Gasteiger partial charge in [-0.25, -0.2) is 4.98 Å². The van der Waals surface area contributed by atoms with E-state index >= 15 is 0 Å². The molecular formula is C24H25N5O2. The van der Waals surface area contributed by atoms with Crippen molar-refractivity contribution in [1.29, 1.82) is 0 Å². The third-order valence-corrected chi connectivity index (χ3v) is 5.60. The van der Waals surface area contributed by atoms with Crippen LogP contribution in [0.2, 0.25) is 0 Å². The lowest BCUT2D eigenvalue weighted by Crippen LogP contribution is -2.47. The van der Waals surface area contributed by atoms with Crippen molar-refractivity contribution < 1.29 is 9.15 Å². The highest BCUT2D eigenvalue weighted by Crippen LogP contribution is 2.26. The van der Waals surface area contributed by atoms with Gasteiger partial charge in [-0.2, -0.15) is 4.98 Å². The Balaban J connectivity index is 1.34. The summed E-state index contributed by atoms with van der Waals surface area (Å²) in [6, 6.07) is 20.2. The van der Waals surface area contributed by atoms with Gasteiger partial charge >= 0.3 is 0 Å². The molecule has 31 heavy (non-hydrogen) atoms. The Hall–Kier alpha value is -3.74. The largest absolute Gasteiger partial charge is 0.497 e. The minimum Gasteiger partial charge on any atom is -0.497 e. The number of aromatic nitrogens is 2. The van der Waals surface area contributed by atoms with Crippen LogP contribution in [0.1, 0.15) is 5.76 Å². The van der Waals surface area contributed by atoms with Gasteiger partial charge in [0.2, 0.25) is 5.95 Å². The Morgan fingerprint density at radius 1 is 0.903 bits per heavy atom. The lowest BCUT2D eigenvalue weighted by Gasteiger charge is -2.36. The second-order valence-electron chi connectivity index (χ2n) is 7.49. The van der Waals surface area contributed by atoms with Gasteiger partial charge in [0, 0.05) is 37.3 Å². The molecule has 0 amide bonds. The molecule has 2 aromatic heterocycles. The van der Waals surface area contributed by atoms with Gasteiger partial charge in [0.15, 0.2) is 0 Å². The summed E-state index contributed by atoms with van der Waals surface area (Å²) in [7, 11) is 1.69. The van der Waals surface area contributed by atoms with Crippen molar-refractivity contribution in [2.45, 2.75) is 6.54 Å². The number of furan rings is 1. The first-order valence-corrected chi connectivity index (χ1v) is 10.5. The molecule has 0 radical (unpaired) electrons. The molecule has 7 nitrogen and oxygen atoms in total. The van der Waals surface area contributed by atoms with E-state index in [4.69, 9.17) is 19.1 Å². The molecule has 0 saturated carbocycles. The number of nitrogens with one attached hydrogen (secondary N) is 1. The number of anilines is 3. The zero-order valence-corrected chi connectivity index (χ0v) is 17.5. The lowest BCUT2D eigenvalue weighted by molar-refractivity contribution is 0.415. The van der Waals surface area contributed by atoms with Crippen LogP contribution in [0.25, 0.3) is 10.9 Å². The Labute approximate surface area is 181 Å². The SMILES string of the molecule is COc1ccc(N2CCN(c3nc(NCc4ccco4)c4ccccc4n3)CC2)cc1. The fraction of sp³-hybridized carbons (Fsp3) is 0.250. The monoisotopic (exact) mass is 415 g/mol. The van der Waals surface area contributed by atoms with E-state index in [2.05, 4.69) is 27.2 Å². The molecule has 3 heterocycles. The number of benzene rings is 2. The van der Waals surface area contributed by atoms with E-state index in [9.17, 15) is 0 Å². The first-order valence-electron chi connectivity index (χ1n) is 10.5. The van der Waals surface area contributed by atoms with E-state index in [-0.39, 0.29) is 0 Å². The van der Waals surface area contributed by atoms with Crippen molar-refractivity contribution in [2.75, 3.05) is 48.4 Å². The van der Waals surface area contributed by atoms with Crippen LogP contribution in [0.3, 0.4) is 0 Å². The van der Waals surface area contributed by atoms with E-state index in [0.717, 1.165) is 60.4 Å². The summed E-state index contributed by atoms with van der Waals surface area (Å²) in [4.78, 5) is 14.3. The molecule has 7 heteroatoms. The fourth-order valence-electron chi connectivity index (χ4n) is 3.88. The van der Waals surface area contributed by atoms with Gasteiger partial charge < -0.3 is 24.3 Å². The van der Waals surface area contributed by atoms with E-state index in [0.29, 0.717) is 6.54 Å². The van der Waals surface area contributed by atoms with Crippen LogP contribution in [0, 0.1) is 0 Å². The number of rotatable bonds is 6. The Morgan fingerprint density at radius 3 is 2.42 bits per heavy atom. The molecule has 0 atom stereocenters. The quantitative estimate of drug-likeness (QED) is 0.507. The third-order valence-electron chi connectivity index (χ3n) is 5.60. The average molecular weight is 415 g/mol. The molecular weight excluding hydrogens is 390 g/mol. The number of piperazine rings is 1. The smallest absolute Gasteiger partial charge is 0.228 e. The van der Waals surface area contributed by atoms with Crippen LogP contribution >= 0.6 is 0 Å². The Kier molecular flexibility index (Phi) is 5.31. The molecule has 1 aliphatic rings. The fourth-order valence-corrected chi connectivity index (χ4v) is 3.88. The zero-order chi connectivity index (χ0) is 21.0. The Morgan fingerprint density at radius 2 is 1.68 bits per heavy atom. The molecule has 4 aromatic rings. The molecule has 1 aliphatic heterocycles. The van der Waals surface area contributed by atoms with Crippen molar-refractivity contribution in [3.8, 4) is 5.75 Å². The summed E-state index contributed by atoms with van der Waals surface area (Å²) < 4.78 is 10.7. The minimum atomic E-state index is 0.582. The van der Waals surface area contributed by atoms with Crippen molar-refractivity contribution in [3.05, 3.63) is 72.7 Å². The maximum Gasteiger partial charge on any atom is 0.228 e. The van der Waals surface area contributed by atoms with Crippen molar-refractivity contribution in [1.82, 2.24) is 9.97 Å². The average Bonchev–Trinajstić information content (AvgIpc) is 3.36. The second-order valence-corrected chi connectivity index (χ2v) is 7.49. The maximum absolute atomic E-state index is 5.45. The highest BCUT2D eigenvalue weighted by Gasteiger charge is 2.21. The first-order chi connectivity index (χ1) is 15.3. The Bertz CT molecular complexity index is 1140. The van der Waals surface area contributed by atoms with Crippen molar-refractivity contribution in [2.24, 2.45) is 0 Å². The molecule has 2 aromatic carbocycles. The predicted octanol–water partition coefficient (Wildman–Crippen LogP) is 4.17. The number of nitrogens with zero attached hydrogens (tertiary/aromatic N) is 4. The van der Waals surface area contributed by atoms with E-state index < -0.39 is 0 Å². The van der Waals surface area contributed by atoms with Crippen LogP contribution in [0.4, 0.5) is 17.5 Å². The summed E-state index contributed by atoms with van der Waals surface area (Å²) >= 11 is 0. The van der Waals surface area contributed by atoms with Crippen molar-refractivity contribution >= 4 is 28.4 Å². The van der Waals surface area contributed by atoms with Gasteiger partial charge in [-0.3, -0.25) is 0 Å². The number of fused-ring (bicyclic) bond motifs is 1. The predicted molar refractivity (Wildman–Crippen MR) is 123 cm³/mol. The van der Waals surface area contributed by atoms with Gasteiger partial charge in [0.05, 0.1) is 25.4 Å². The molecule has 1 N–H and O–H groups in total. The number of ether oxygens (including phenoxy) is 1. The second kappa shape index (κ2) is 8.55. The lowest BCUT2D eigenvalue weighted by atomic mass is 10.2. The van der Waals surface area contributed by atoms with Crippen LogP contribution in [-0.4, -0.2) is 43.3 Å². The number of methoxy groups -OCH3 is 1. The van der Waals surface area contributed by atoms with Crippen LogP contribution in [0.15, 0.2) is 71.3 Å². The summed E-state index contributed by atoms with van der Waals surface area (Å²) in [5, 5.41) is 4.43. The van der Waals surface area contributed by atoms with Crippen LogP contribution in [0.5, 0.6) is 5.75 Å². The minimum absolute atomic E-state index is 0.582. The normalized spacial score (nSPS) is 14.1. The zero-order valence-electron chi connectivity index (χ0n) is 17.5. The summed E-state index contributed by atoms with van der Waals surface area (Å²) in [5.74, 6) is 3.34. The summed E-state index contributed by atoms with van der Waals surface area (Å²) in [6.45, 7) is 4.14. The van der Waals surface area contributed by atoms with Crippen LogP contribution in [-0.2, 0) is 6.54 Å². The van der Waals surface area contributed by atoms with E-state index in [1.54, 1.807) is 13.4 Å². The van der Waals surface area contributed by atoms with Gasteiger partial charge in [0.1, 0.15) is 17.3 Å². The highest BCUT2D eigenvalue weighted by molar-refractivity contribution is 5.90. The van der Waals surface area contributed by atoms with E-state index in [1.807, 2.05) is 48.5 Å². The van der Waals surface area contributed by atoms with Gasteiger partial charge in [-0.15, -0.1) is 0 Å². The maximum atomic E-state index is 5.45. The van der Waals surface area contributed by atoms with Gasteiger partial charge in [-0.05, 0) is 48.5 Å². The number of hydrogen-bond acceptors (Lipinski definition) is 7. The van der Waals surface area contributed by atoms with Gasteiger partial charge in [-0.1, -0.05) is 12.1 Å². The summed E-state index contributed by atoms with van der Waals surface area (Å²) in [6.07, 6.45) is 1.68. The standard InChI is InChI=1S/C24H25N5O2/c1-30-19-10-8-18(9-11-19)28-12-14-29(15-13-28)24-26-22-7-3-2-6-21(22)23(27-24)25-17-20-5-4-16-31-20/h2-11,16H,12-15,17H2,1H3,(H,25,26,27). The molecule has 0 bridgehead atoms. The molecule has 1 saturated heterocycles. The molecule has 1 fully saturated rings. The number of hydrogen-bond donors (Lipinski definition) is 1. The molecule has 5 rings (SSSR count). The van der Waals surface area contributed by atoms with Crippen molar-refractivity contribution in [3.63, 3.8) is 0 Å². The molecule has 158 valence electrons.